The molecule has 2 aromatic rings. The maximum atomic E-state index is 12.8. The van der Waals surface area contributed by atoms with Gasteiger partial charge in [-0.15, -0.1) is 11.3 Å². The van der Waals surface area contributed by atoms with Gasteiger partial charge in [0.15, 0.2) is 0 Å². The minimum absolute atomic E-state index is 0.315. The van der Waals surface area contributed by atoms with Crippen LogP contribution >= 0.6 is 11.3 Å². The minimum Gasteiger partial charge on any atom is -0.481 e. The largest absolute Gasteiger partial charge is 0.481 e. The number of rotatable bonds is 5. The Labute approximate surface area is 108 Å². The summed E-state index contributed by atoms with van der Waals surface area (Å²) in [4.78, 5) is 15.3. The van der Waals surface area contributed by atoms with Crippen molar-refractivity contribution in [2.45, 2.75) is 12.8 Å². The first-order valence-electron chi connectivity index (χ1n) is 5.49. The molecule has 0 radical (unpaired) electrons. The van der Waals surface area contributed by atoms with Crippen molar-refractivity contribution in [1.29, 1.82) is 0 Å². The lowest BCUT2D eigenvalue weighted by atomic mass is 9.95. The Balaban J connectivity index is 2.06. The van der Waals surface area contributed by atoms with Gasteiger partial charge in [0.05, 0.1) is 17.1 Å². The zero-order valence-corrected chi connectivity index (χ0v) is 10.4. The maximum Gasteiger partial charge on any atom is 0.307 e. The SMILES string of the molecule is O=C(O)C(Cc1ccc(F)cc1)Cc1cscn1. The highest BCUT2D eigenvalue weighted by molar-refractivity contribution is 7.07. The van der Waals surface area contributed by atoms with E-state index >= 15 is 0 Å². The van der Waals surface area contributed by atoms with E-state index in [1.54, 1.807) is 17.6 Å². The van der Waals surface area contributed by atoms with E-state index in [1.165, 1.54) is 23.5 Å². The molecular formula is C13H12FNO2S. The number of carboxylic acid groups (broad SMARTS) is 1. The van der Waals surface area contributed by atoms with Gasteiger partial charge in [-0.2, -0.15) is 0 Å². The second-order valence-corrected chi connectivity index (χ2v) is 4.77. The first-order chi connectivity index (χ1) is 8.65. The molecule has 0 saturated carbocycles. The highest BCUT2D eigenvalue weighted by atomic mass is 32.1. The number of aliphatic carboxylic acids is 1. The summed E-state index contributed by atoms with van der Waals surface area (Å²) in [6.45, 7) is 0. The van der Waals surface area contributed by atoms with Gasteiger partial charge in [-0.05, 0) is 24.1 Å². The highest BCUT2D eigenvalue weighted by Crippen LogP contribution is 2.16. The van der Waals surface area contributed by atoms with Gasteiger partial charge in [0.25, 0.3) is 0 Å². The molecule has 3 nitrogen and oxygen atoms in total. The molecule has 5 heteroatoms. The van der Waals surface area contributed by atoms with Gasteiger partial charge in [-0.3, -0.25) is 4.79 Å². The topological polar surface area (TPSA) is 50.2 Å². The fourth-order valence-corrected chi connectivity index (χ4v) is 2.31. The Kier molecular flexibility index (Phi) is 4.04. The average Bonchev–Trinajstić information content (AvgIpc) is 2.84. The molecule has 1 aromatic heterocycles. The van der Waals surface area contributed by atoms with E-state index in [1.807, 2.05) is 5.38 Å². The molecule has 1 N–H and O–H groups in total. The lowest BCUT2D eigenvalue weighted by Gasteiger charge is -2.10. The van der Waals surface area contributed by atoms with Crippen molar-refractivity contribution in [2.24, 2.45) is 5.92 Å². The Morgan fingerprint density at radius 1 is 1.33 bits per heavy atom. The Morgan fingerprint density at radius 3 is 2.61 bits per heavy atom. The van der Waals surface area contributed by atoms with E-state index in [2.05, 4.69) is 4.98 Å². The van der Waals surface area contributed by atoms with Crippen molar-refractivity contribution in [2.75, 3.05) is 0 Å². The molecule has 0 saturated heterocycles. The Bertz CT molecular complexity index is 510. The smallest absolute Gasteiger partial charge is 0.307 e. The second kappa shape index (κ2) is 5.73. The summed E-state index contributed by atoms with van der Waals surface area (Å²) in [6.07, 6.45) is 0.781. The second-order valence-electron chi connectivity index (χ2n) is 4.05. The van der Waals surface area contributed by atoms with Crippen LogP contribution in [0.3, 0.4) is 0 Å². The number of benzene rings is 1. The van der Waals surface area contributed by atoms with Crippen molar-refractivity contribution in [3.63, 3.8) is 0 Å². The summed E-state index contributed by atoms with van der Waals surface area (Å²) in [7, 11) is 0. The van der Waals surface area contributed by atoms with Gasteiger partial charge >= 0.3 is 5.97 Å². The number of halogens is 1. The third kappa shape index (κ3) is 3.37. The molecular weight excluding hydrogens is 253 g/mol. The number of aromatic nitrogens is 1. The Hall–Kier alpha value is -1.75. The fraction of sp³-hybridized carbons (Fsp3) is 0.231. The van der Waals surface area contributed by atoms with Gasteiger partial charge < -0.3 is 5.11 Å². The van der Waals surface area contributed by atoms with Crippen LogP contribution in [0.4, 0.5) is 4.39 Å². The molecule has 0 aliphatic heterocycles. The van der Waals surface area contributed by atoms with Crippen LogP contribution in [0.25, 0.3) is 0 Å². The fourth-order valence-electron chi connectivity index (χ4n) is 1.74. The molecule has 1 atom stereocenters. The highest BCUT2D eigenvalue weighted by Gasteiger charge is 2.19. The predicted molar refractivity (Wildman–Crippen MR) is 67.0 cm³/mol. The zero-order chi connectivity index (χ0) is 13.0. The number of nitrogens with zero attached hydrogens (tertiary/aromatic N) is 1. The monoisotopic (exact) mass is 265 g/mol. The number of thiazole rings is 1. The van der Waals surface area contributed by atoms with Crippen LogP contribution in [0.5, 0.6) is 0 Å². The van der Waals surface area contributed by atoms with Crippen LogP contribution in [0.1, 0.15) is 11.3 Å². The number of hydrogen-bond donors (Lipinski definition) is 1. The molecule has 94 valence electrons. The molecule has 0 spiro atoms. The van der Waals surface area contributed by atoms with Crippen molar-refractivity contribution in [3.05, 3.63) is 52.2 Å². The summed E-state index contributed by atoms with van der Waals surface area (Å²) in [5, 5.41) is 11.0. The molecule has 0 amide bonds. The molecule has 2 rings (SSSR count). The van der Waals surface area contributed by atoms with Crippen molar-refractivity contribution >= 4 is 17.3 Å². The minimum atomic E-state index is -0.854. The molecule has 1 unspecified atom stereocenters. The van der Waals surface area contributed by atoms with Crippen molar-refractivity contribution < 1.29 is 14.3 Å². The number of carboxylic acids is 1. The standard InChI is InChI=1S/C13H12FNO2S/c14-11-3-1-9(2-4-11)5-10(13(16)17)6-12-7-18-8-15-12/h1-4,7-8,10H,5-6H2,(H,16,17). The van der Waals surface area contributed by atoms with E-state index in [0.717, 1.165) is 11.3 Å². The molecule has 0 aliphatic carbocycles. The Morgan fingerprint density at radius 2 is 2.06 bits per heavy atom. The van der Waals surface area contributed by atoms with E-state index in [-0.39, 0.29) is 5.82 Å². The van der Waals surface area contributed by atoms with Crippen molar-refractivity contribution in [1.82, 2.24) is 4.98 Å². The van der Waals surface area contributed by atoms with Crippen LogP contribution in [-0.4, -0.2) is 16.1 Å². The molecule has 0 aliphatic rings. The quantitative estimate of drug-likeness (QED) is 0.904. The normalized spacial score (nSPS) is 12.3. The summed E-state index contributed by atoms with van der Waals surface area (Å²) in [5.41, 5.74) is 3.29. The van der Waals surface area contributed by atoms with Crippen LogP contribution in [0, 0.1) is 11.7 Å². The van der Waals surface area contributed by atoms with E-state index in [0.29, 0.717) is 12.8 Å². The lowest BCUT2D eigenvalue weighted by molar-refractivity contribution is -0.141. The van der Waals surface area contributed by atoms with Crippen LogP contribution in [0.2, 0.25) is 0 Å². The predicted octanol–water partition coefficient (Wildman–Crippen LogP) is 2.77. The number of hydrogen-bond acceptors (Lipinski definition) is 3. The van der Waals surface area contributed by atoms with Crippen molar-refractivity contribution in [3.8, 4) is 0 Å². The van der Waals surface area contributed by atoms with E-state index in [9.17, 15) is 14.3 Å². The summed E-state index contributed by atoms with van der Waals surface area (Å²) in [5.74, 6) is -1.70. The van der Waals surface area contributed by atoms with E-state index < -0.39 is 11.9 Å². The molecule has 1 aromatic carbocycles. The third-order valence-corrected chi connectivity index (χ3v) is 3.32. The maximum absolute atomic E-state index is 12.8. The molecule has 0 bridgehead atoms. The molecule has 1 heterocycles. The molecule has 18 heavy (non-hydrogen) atoms. The van der Waals surface area contributed by atoms with Crippen LogP contribution < -0.4 is 0 Å². The van der Waals surface area contributed by atoms with E-state index in [4.69, 9.17) is 0 Å². The third-order valence-electron chi connectivity index (χ3n) is 2.68. The first-order valence-corrected chi connectivity index (χ1v) is 6.44. The van der Waals surface area contributed by atoms with Crippen LogP contribution in [-0.2, 0) is 17.6 Å². The first kappa shape index (κ1) is 12.7. The van der Waals surface area contributed by atoms with Gasteiger partial charge in [0, 0.05) is 11.8 Å². The number of carbonyl (C=O) groups is 1. The average molecular weight is 265 g/mol. The summed E-state index contributed by atoms with van der Waals surface area (Å²) in [6, 6.07) is 5.92. The van der Waals surface area contributed by atoms with Crippen LogP contribution in [0.15, 0.2) is 35.2 Å². The van der Waals surface area contributed by atoms with Gasteiger partial charge in [-0.1, -0.05) is 12.1 Å². The van der Waals surface area contributed by atoms with Gasteiger partial charge in [0.2, 0.25) is 0 Å². The summed E-state index contributed by atoms with van der Waals surface area (Å²) >= 11 is 1.45. The van der Waals surface area contributed by atoms with Gasteiger partial charge in [0.1, 0.15) is 5.82 Å². The lowest BCUT2D eigenvalue weighted by Crippen LogP contribution is -2.19. The van der Waals surface area contributed by atoms with Gasteiger partial charge in [-0.25, -0.2) is 9.37 Å². The summed E-state index contributed by atoms with van der Waals surface area (Å²) < 4.78 is 12.8. The molecule has 0 fully saturated rings. The zero-order valence-electron chi connectivity index (χ0n) is 9.54.